The first-order valence-corrected chi connectivity index (χ1v) is 24.5. The van der Waals surface area contributed by atoms with Gasteiger partial charge in [0.2, 0.25) is 0 Å². The predicted molar refractivity (Wildman–Crippen MR) is 251 cm³/mol. The van der Waals surface area contributed by atoms with Crippen molar-refractivity contribution < 1.29 is 24.2 Å². The van der Waals surface area contributed by atoms with Crippen LogP contribution in [0.1, 0.15) is 232 Å². The largest absolute Gasteiger partial charge is 0.462 e. The number of aliphatic hydroxyl groups is 1. The molecule has 1 N–H and O–H groups in total. The lowest BCUT2D eigenvalue weighted by Gasteiger charge is -2.15. The third-order valence-corrected chi connectivity index (χ3v) is 10.5. The average molecular weight is 809 g/mol. The molecule has 0 aromatic rings. The minimum Gasteiger partial charge on any atom is -0.462 e. The van der Waals surface area contributed by atoms with E-state index >= 15 is 0 Å². The van der Waals surface area contributed by atoms with E-state index in [1.807, 2.05) is 0 Å². The van der Waals surface area contributed by atoms with Crippen molar-refractivity contribution >= 4 is 11.9 Å². The topological polar surface area (TPSA) is 72.8 Å². The number of carbonyl (C=O) groups is 2. The Balaban J connectivity index is 3.39. The van der Waals surface area contributed by atoms with E-state index in [9.17, 15) is 14.7 Å². The molecule has 5 nitrogen and oxygen atoms in total. The molecule has 0 aliphatic rings. The minimum atomic E-state index is -0.766. The first-order valence-electron chi connectivity index (χ1n) is 24.5. The Labute approximate surface area is 359 Å². The highest BCUT2D eigenvalue weighted by Gasteiger charge is 2.16. The van der Waals surface area contributed by atoms with Crippen molar-refractivity contribution in [2.24, 2.45) is 0 Å². The van der Waals surface area contributed by atoms with Crippen LogP contribution in [0, 0.1) is 0 Å². The number of carbonyl (C=O) groups excluding carboxylic acids is 2. The van der Waals surface area contributed by atoms with Gasteiger partial charge in [-0.15, -0.1) is 0 Å². The van der Waals surface area contributed by atoms with E-state index in [2.05, 4.69) is 86.8 Å². The van der Waals surface area contributed by atoms with Gasteiger partial charge in [-0.1, -0.05) is 228 Å². The zero-order valence-electron chi connectivity index (χ0n) is 38.0. The zero-order valence-corrected chi connectivity index (χ0v) is 38.0. The highest BCUT2D eigenvalue weighted by atomic mass is 16.6. The van der Waals surface area contributed by atoms with Crippen molar-refractivity contribution in [3.8, 4) is 0 Å². The van der Waals surface area contributed by atoms with Crippen molar-refractivity contribution in [2.45, 2.75) is 238 Å². The zero-order chi connectivity index (χ0) is 42.1. The van der Waals surface area contributed by atoms with Gasteiger partial charge in [-0.3, -0.25) is 9.59 Å². The van der Waals surface area contributed by atoms with Gasteiger partial charge in [-0.05, 0) is 64.2 Å². The number of hydrogen-bond donors (Lipinski definition) is 1. The summed E-state index contributed by atoms with van der Waals surface area (Å²) in [4.78, 5) is 24.0. The Kier molecular flexibility index (Phi) is 46.5. The Morgan fingerprint density at radius 1 is 0.414 bits per heavy atom. The van der Waals surface area contributed by atoms with Crippen LogP contribution in [0.2, 0.25) is 0 Å². The Bertz CT molecular complexity index is 1050. The lowest BCUT2D eigenvalue weighted by Crippen LogP contribution is -2.28. The molecule has 1 atom stereocenters. The maximum atomic E-state index is 12.1. The quantitative estimate of drug-likeness (QED) is 0.0377. The number of aliphatic hydroxyl groups excluding tert-OH is 1. The van der Waals surface area contributed by atoms with Gasteiger partial charge < -0.3 is 14.6 Å². The van der Waals surface area contributed by atoms with E-state index in [4.69, 9.17) is 9.47 Å². The predicted octanol–water partition coefficient (Wildman–Crippen LogP) is 16.1. The van der Waals surface area contributed by atoms with E-state index in [1.165, 1.54) is 128 Å². The molecule has 0 amide bonds. The SMILES string of the molecule is CC/C=C\C/C=C\C/C=C\C/C=C\C/C=C\C/C=C\CCCCCCCCCCCCCCCCCCCCCCC(=O)OC(CO)COC(=O)CCCCCCC. The van der Waals surface area contributed by atoms with Crippen LogP contribution in [0.5, 0.6) is 0 Å². The van der Waals surface area contributed by atoms with Crippen molar-refractivity contribution in [3.05, 3.63) is 72.9 Å². The minimum absolute atomic E-state index is 0.0650. The van der Waals surface area contributed by atoms with Crippen molar-refractivity contribution in [1.82, 2.24) is 0 Å². The standard InChI is InChI=1S/C53H92O5/c1-3-5-7-9-10-11-12-13-14-15-16-17-18-19-20-21-22-23-24-25-26-27-28-29-30-31-32-33-34-35-36-37-38-39-40-41-42-44-46-48-53(56)58-51(49-54)50-57-52(55)47-45-43-8-6-4-2/h5,7,10-11,13-14,16-17,19-20,22-23,51,54H,3-4,6,8-9,12,15,18,21,24-50H2,1-2H3/b7-5-,11-10-,14-13-,17-16-,20-19-,23-22-. The van der Waals surface area contributed by atoms with Crippen molar-refractivity contribution in [2.75, 3.05) is 13.2 Å². The summed E-state index contributed by atoms with van der Waals surface area (Å²) in [6, 6.07) is 0. The number of allylic oxidation sites excluding steroid dienone is 12. The molecule has 58 heavy (non-hydrogen) atoms. The van der Waals surface area contributed by atoms with Crippen LogP contribution in [0.25, 0.3) is 0 Å². The summed E-state index contributed by atoms with van der Waals surface area (Å²) in [5, 5.41) is 9.50. The number of hydrogen-bond acceptors (Lipinski definition) is 5. The molecule has 0 rings (SSSR count). The molecule has 0 saturated carbocycles. The summed E-state index contributed by atoms with van der Waals surface area (Å²) in [5.41, 5.74) is 0. The van der Waals surface area contributed by atoms with Crippen molar-refractivity contribution in [3.63, 3.8) is 0 Å². The van der Waals surface area contributed by atoms with Crippen LogP contribution in [0.3, 0.4) is 0 Å². The van der Waals surface area contributed by atoms with Crippen LogP contribution in [-0.2, 0) is 19.1 Å². The first kappa shape index (κ1) is 55.3. The second kappa shape index (κ2) is 48.7. The molecular weight excluding hydrogens is 717 g/mol. The molecule has 0 heterocycles. The van der Waals surface area contributed by atoms with E-state index in [1.54, 1.807) is 0 Å². The van der Waals surface area contributed by atoms with Gasteiger partial charge in [0.25, 0.3) is 0 Å². The van der Waals surface area contributed by atoms with E-state index in [0.717, 1.165) is 77.0 Å². The highest BCUT2D eigenvalue weighted by molar-refractivity contribution is 5.70. The van der Waals surface area contributed by atoms with Crippen LogP contribution in [0.15, 0.2) is 72.9 Å². The number of esters is 2. The molecule has 0 aliphatic heterocycles. The van der Waals surface area contributed by atoms with Gasteiger partial charge in [0.05, 0.1) is 6.61 Å². The smallest absolute Gasteiger partial charge is 0.306 e. The van der Waals surface area contributed by atoms with Gasteiger partial charge in [0.1, 0.15) is 6.61 Å². The summed E-state index contributed by atoms with van der Waals surface area (Å²) in [5.74, 6) is -0.600. The van der Waals surface area contributed by atoms with Gasteiger partial charge in [-0.2, -0.15) is 0 Å². The van der Waals surface area contributed by atoms with E-state index in [-0.39, 0.29) is 25.2 Å². The summed E-state index contributed by atoms with van der Waals surface area (Å²) >= 11 is 0. The number of ether oxygens (including phenoxy) is 2. The molecular formula is C53H92O5. The Morgan fingerprint density at radius 3 is 1.12 bits per heavy atom. The highest BCUT2D eigenvalue weighted by Crippen LogP contribution is 2.16. The molecule has 1 unspecified atom stereocenters. The van der Waals surface area contributed by atoms with Crippen LogP contribution in [-0.4, -0.2) is 36.4 Å². The molecule has 5 heteroatoms. The fourth-order valence-electron chi connectivity index (χ4n) is 6.85. The maximum absolute atomic E-state index is 12.1. The first-order chi connectivity index (χ1) is 28.6. The van der Waals surface area contributed by atoms with Crippen LogP contribution in [0.4, 0.5) is 0 Å². The molecule has 0 radical (unpaired) electrons. The maximum Gasteiger partial charge on any atom is 0.306 e. The molecule has 0 aliphatic carbocycles. The normalized spacial score (nSPS) is 12.8. The monoisotopic (exact) mass is 809 g/mol. The molecule has 0 aromatic heterocycles. The van der Waals surface area contributed by atoms with Crippen LogP contribution < -0.4 is 0 Å². The van der Waals surface area contributed by atoms with Gasteiger partial charge in [0.15, 0.2) is 6.10 Å². The number of rotatable bonds is 44. The van der Waals surface area contributed by atoms with Crippen LogP contribution >= 0.6 is 0 Å². The summed E-state index contributed by atoms with van der Waals surface area (Å²) in [7, 11) is 0. The van der Waals surface area contributed by atoms with Crippen molar-refractivity contribution in [1.29, 1.82) is 0 Å². The average Bonchev–Trinajstić information content (AvgIpc) is 3.23. The lowest BCUT2D eigenvalue weighted by atomic mass is 10.0. The third-order valence-electron chi connectivity index (χ3n) is 10.5. The fraction of sp³-hybridized carbons (Fsp3) is 0.736. The molecule has 0 spiro atoms. The molecule has 0 saturated heterocycles. The van der Waals surface area contributed by atoms with E-state index in [0.29, 0.717) is 12.8 Å². The number of unbranched alkanes of at least 4 members (excludes halogenated alkanes) is 24. The third kappa shape index (κ3) is 46.0. The second-order valence-electron chi connectivity index (χ2n) is 16.2. The molecule has 0 aromatic carbocycles. The fourth-order valence-corrected chi connectivity index (χ4v) is 6.85. The Morgan fingerprint density at radius 2 is 0.741 bits per heavy atom. The van der Waals surface area contributed by atoms with Gasteiger partial charge in [0, 0.05) is 12.8 Å². The van der Waals surface area contributed by atoms with Gasteiger partial charge in [-0.25, -0.2) is 0 Å². The lowest BCUT2D eigenvalue weighted by molar-refractivity contribution is -0.161. The van der Waals surface area contributed by atoms with E-state index < -0.39 is 6.10 Å². The molecule has 0 bridgehead atoms. The van der Waals surface area contributed by atoms with Gasteiger partial charge >= 0.3 is 11.9 Å². The summed E-state index contributed by atoms with van der Waals surface area (Å²) in [6.07, 6.45) is 66.3. The second-order valence-corrected chi connectivity index (χ2v) is 16.2. The molecule has 334 valence electrons. The Hall–Kier alpha value is -2.66. The summed E-state index contributed by atoms with van der Waals surface area (Å²) in [6.45, 7) is 3.94. The molecule has 0 fully saturated rings. The summed E-state index contributed by atoms with van der Waals surface area (Å²) < 4.78 is 10.5.